The van der Waals surface area contributed by atoms with Crippen LogP contribution in [0.1, 0.15) is 22.6 Å². The second-order valence-corrected chi connectivity index (χ2v) is 4.03. The molecule has 0 spiro atoms. The molecule has 2 aromatic rings. The first-order valence-corrected chi connectivity index (χ1v) is 5.24. The molecule has 0 aliphatic rings. The van der Waals surface area contributed by atoms with Crippen LogP contribution in [-0.2, 0) is 13.6 Å². The van der Waals surface area contributed by atoms with Gasteiger partial charge in [-0.15, -0.1) is 10.2 Å². The van der Waals surface area contributed by atoms with Crippen molar-refractivity contribution in [2.24, 2.45) is 7.05 Å². The summed E-state index contributed by atoms with van der Waals surface area (Å²) in [4.78, 5) is 0. The molecule has 2 heterocycles. The van der Waals surface area contributed by atoms with Crippen LogP contribution in [0.25, 0.3) is 0 Å². The zero-order valence-electron chi connectivity index (χ0n) is 10.1. The summed E-state index contributed by atoms with van der Waals surface area (Å²) in [7, 11) is 1.88. The zero-order valence-corrected chi connectivity index (χ0v) is 10.1. The molecule has 0 radical (unpaired) electrons. The lowest BCUT2D eigenvalue weighted by Crippen LogP contribution is -2.10. The van der Waals surface area contributed by atoms with Gasteiger partial charge in [0.05, 0.1) is 12.1 Å². The highest BCUT2D eigenvalue weighted by atomic mass is 15.3. The molecule has 88 valence electrons. The lowest BCUT2D eigenvalue weighted by atomic mass is 10.2. The van der Waals surface area contributed by atoms with E-state index in [9.17, 15) is 0 Å². The van der Waals surface area contributed by atoms with Crippen LogP contribution in [0.5, 0.6) is 0 Å². The molecule has 2 N–H and O–H groups in total. The summed E-state index contributed by atoms with van der Waals surface area (Å²) in [6, 6.07) is 2.13. The highest BCUT2D eigenvalue weighted by molar-refractivity contribution is 5.57. The number of anilines is 1. The van der Waals surface area contributed by atoms with E-state index >= 15 is 0 Å². The largest absolute Gasteiger partial charge is 0.384 e. The molecule has 0 amide bonds. The molecule has 0 unspecified atom stereocenters. The fourth-order valence-corrected chi connectivity index (χ4v) is 1.83. The summed E-state index contributed by atoms with van der Waals surface area (Å²) in [5.74, 6) is 1.30. The van der Waals surface area contributed by atoms with Gasteiger partial charge in [-0.05, 0) is 19.4 Å². The van der Waals surface area contributed by atoms with E-state index in [1.165, 1.54) is 0 Å². The Morgan fingerprint density at radius 3 is 2.65 bits per heavy atom. The maximum atomic E-state index is 9.04. The molecule has 0 saturated heterocycles. The van der Waals surface area contributed by atoms with Gasteiger partial charge in [0.25, 0.3) is 0 Å². The average molecular weight is 230 g/mol. The maximum Gasteiger partial charge on any atom is 0.152 e. The average Bonchev–Trinajstić information content (AvgIpc) is 2.78. The van der Waals surface area contributed by atoms with Crippen molar-refractivity contribution in [3.05, 3.63) is 29.0 Å². The van der Waals surface area contributed by atoms with E-state index in [1.807, 2.05) is 30.0 Å². The molecule has 0 fully saturated rings. The maximum absolute atomic E-state index is 9.04. The number of rotatable bonds is 2. The van der Waals surface area contributed by atoms with Crippen molar-refractivity contribution in [2.75, 3.05) is 5.73 Å². The summed E-state index contributed by atoms with van der Waals surface area (Å²) in [6.07, 6.45) is 1.64. The molecule has 0 saturated carbocycles. The summed E-state index contributed by atoms with van der Waals surface area (Å²) in [5.41, 5.74) is 8.42. The molecule has 17 heavy (non-hydrogen) atoms. The fourth-order valence-electron chi connectivity index (χ4n) is 1.83. The highest BCUT2D eigenvalue weighted by Crippen LogP contribution is 2.23. The third kappa shape index (κ3) is 1.65. The SMILES string of the molecule is Cc1c(C#N)c(N)n(Cc2nncn2C)c1C. The van der Waals surface area contributed by atoms with E-state index in [1.54, 1.807) is 6.33 Å². The van der Waals surface area contributed by atoms with E-state index in [0.717, 1.165) is 17.1 Å². The molecule has 2 aromatic heterocycles. The van der Waals surface area contributed by atoms with Crippen molar-refractivity contribution in [3.8, 4) is 6.07 Å². The second-order valence-electron chi connectivity index (χ2n) is 4.03. The van der Waals surface area contributed by atoms with Crippen LogP contribution >= 0.6 is 0 Å². The third-order valence-electron chi connectivity index (χ3n) is 3.09. The normalized spacial score (nSPS) is 10.5. The lowest BCUT2D eigenvalue weighted by Gasteiger charge is -2.08. The van der Waals surface area contributed by atoms with Crippen LogP contribution in [0.4, 0.5) is 5.82 Å². The van der Waals surface area contributed by atoms with Gasteiger partial charge in [-0.3, -0.25) is 0 Å². The van der Waals surface area contributed by atoms with E-state index in [0.29, 0.717) is 17.9 Å². The molecule has 6 heteroatoms. The second kappa shape index (κ2) is 3.94. The third-order valence-corrected chi connectivity index (χ3v) is 3.09. The highest BCUT2D eigenvalue weighted by Gasteiger charge is 2.16. The molecule has 0 bridgehead atoms. The first kappa shape index (κ1) is 11.2. The Balaban J connectivity index is 2.48. The molecular formula is C11H14N6. The first-order chi connectivity index (χ1) is 8.06. The quantitative estimate of drug-likeness (QED) is 0.824. The van der Waals surface area contributed by atoms with E-state index in [-0.39, 0.29) is 0 Å². The number of aromatic nitrogens is 4. The number of nitrogens with zero attached hydrogens (tertiary/aromatic N) is 5. The smallest absolute Gasteiger partial charge is 0.152 e. The Morgan fingerprint density at radius 1 is 1.47 bits per heavy atom. The number of nitrogen functional groups attached to an aromatic ring is 1. The minimum absolute atomic E-state index is 0.491. The van der Waals surface area contributed by atoms with Crippen LogP contribution in [0, 0.1) is 25.2 Å². The van der Waals surface area contributed by atoms with Gasteiger partial charge in [0, 0.05) is 12.7 Å². The van der Waals surface area contributed by atoms with Crippen molar-refractivity contribution < 1.29 is 0 Å². The summed E-state index contributed by atoms with van der Waals surface area (Å²) in [5, 5.41) is 16.9. The monoisotopic (exact) mass is 230 g/mol. The van der Waals surface area contributed by atoms with Crippen molar-refractivity contribution >= 4 is 5.82 Å². The summed E-state index contributed by atoms with van der Waals surface area (Å²) < 4.78 is 3.72. The molecule has 0 atom stereocenters. The van der Waals surface area contributed by atoms with Crippen molar-refractivity contribution in [3.63, 3.8) is 0 Å². The van der Waals surface area contributed by atoms with Gasteiger partial charge >= 0.3 is 0 Å². The molecule has 0 aromatic carbocycles. The predicted octanol–water partition coefficient (Wildman–Crippen LogP) is 0.736. The molecule has 6 nitrogen and oxygen atoms in total. The molecule has 0 aliphatic heterocycles. The van der Waals surface area contributed by atoms with Gasteiger partial charge < -0.3 is 14.9 Å². The van der Waals surface area contributed by atoms with Crippen molar-refractivity contribution in [2.45, 2.75) is 20.4 Å². The van der Waals surface area contributed by atoms with Crippen LogP contribution < -0.4 is 5.73 Å². The van der Waals surface area contributed by atoms with E-state index < -0.39 is 0 Å². The van der Waals surface area contributed by atoms with Gasteiger partial charge in [-0.25, -0.2) is 0 Å². The first-order valence-electron chi connectivity index (χ1n) is 5.24. The minimum Gasteiger partial charge on any atom is -0.384 e. The summed E-state index contributed by atoms with van der Waals surface area (Å²) >= 11 is 0. The number of hydrogen-bond acceptors (Lipinski definition) is 4. The Bertz CT molecular complexity index is 598. The Kier molecular flexibility index (Phi) is 2.60. The van der Waals surface area contributed by atoms with Crippen LogP contribution in [-0.4, -0.2) is 19.3 Å². The Morgan fingerprint density at radius 2 is 2.18 bits per heavy atom. The number of aryl methyl sites for hydroxylation is 1. The fraction of sp³-hybridized carbons (Fsp3) is 0.364. The number of hydrogen-bond donors (Lipinski definition) is 1. The van der Waals surface area contributed by atoms with Gasteiger partial charge in [-0.2, -0.15) is 5.26 Å². The Hall–Kier alpha value is -2.29. The number of nitrogens with two attached hydrogens (primary N) is 1. The van der Waals surface area contributed by atoms with Crippen LogP contribution in [0.2, 0.25) is 0 Å². The molecular weight excluding hydrogens is 216 g/mol. The van der Waals surface area contributed by atoms with Crippen LogP contribution in [0.15, 0.2) is 6.33 Å². The van der Waals surface area contributed by atoms with Crippen LogP contribution in [0.3, 0.4) is 0 Å². The van der Waals surface area contributed by atoms with Gasteiger partial charge in [0.2, 0.25) is 0 Å². The lowest BCUT2D eigenvalue weighted by molar-refractivity contribution is 0.691. The van der Waals surface area contributed by atoms with Gasteiger partial charge in [0.15, 0.2) is 5.82 Å². The molecule has 2 rings (SSSR count). The molecule has 0 aliphatic carbocycles. The van der Waals surface area contributed by atoms with E-state index in [2.05, 4.69) is 16.3 Å². The van der Waals surface area contributed by atoms with Crippen molar-refractivity contribution in [1.82, 2.24) is 19.3 Å². The standard InChI is InChI=1S/C11H14N6/c1-7-8(2)17(11(13)9(7)4-12)5-10-15-14-6-16(10)3/h6H,5,13H2,1-3H3. The summed E-state index contributed by atoms with van der Waals surface area (Å²) in [6.45, 7) is 4.37. The number of nitriles is 1. The minimum atomic E-state index is 0.491. The van der Waals surface area contributed by atoms with Crippen molar-refractivity contribution in [1.29, 1.82) is 5.26 Å². The van der Waals surface area contributed by atoms with E-state index in [4.69, 9.17) is 11.0 Å². The van der Waals surface area contributed by atoms with Gasteiger partial charge in [-0.1, -0.05) is 0 Å². The zero-order chi connectivity index (χ0) is 12.6. The predicted molar refractivity (Wildman–Crippen MR) is 63.1 cm³/mol. The van der Waals surface area contributed by atoms with Gasteiger partial charge in [0.1, 0.15) is 18.2 Å². The topological polar surface area (TPSA) is 85.4 Å². The Labute approximate surface area is 99.3 Å².